The molecule has 43 heavy (non-hydrogen) atoms. The minimum atomic E-state index is -0.424. The van der Waals surface area contributed by atoms with Crippen molar-refractivity contribution in [2.45, 2.75) is 32.0 Å². The van der Waals surface area contributed by atoms with E-state index in [2.05, 4.69) is 10.8 Å². The van der Waals surface area contributed by atoms with Crippen molar-refractivity contribution in [1.82, 2.24) is 10.8 Å². The van der Waals surface area contributed by atoms with Gasteiger partial charge in [-0.1, -0.05) is 60.7 Å². The van der Waals surface area contributed by atoms with E-state index < -0.39 is 6.29 Å². The third kappa shape index (κ3) is 8.44. The summed E-state index contributed by atoms with van der Waals surface area (Å²) in [5, 5.41) is 5.05. The fraction of sp³-hybridized carbons (Fsp3) is 0.257. The quantitative estimate of drug-likeness (QED) is 0.161. The van der Waals surface area contributed by atoms with Crippen molar-refractivity contribution in [3.8, 4) is 11.5 Å². The number of carbonyl (C=O) groups is 2. The van der Waals surface area contributed by atoms with Gasteiger partial charge in [-0.15, -0.1) is 0 Å². The molecule has 0 bridgehead atoms. The van der Waals surface area contributed by atoms with Crippen molar-refractivity contribution in [2.24, 2.45) is 0 Å². The van der Waals surface area contributed by atoms with E-state index in [0.29, 0.717) is 36.5 Å². The van der Waals surface area contributed by atoms with Gasteiger partial charge < -0.3 is 19.5 Å². The van der Waals surface area contributed by atoms with Crippen LogP contribution in [0.15, 0.2) is 96.6 Å². The summed E-state index contributed by atoms with van der Waals surface area (Å²) in [6.45, 7) is 1.16. The lowest BCUT2D eigenvalue weighted by Crippen LogP contribution is -2.33. The number of amides is 2. The lowest BCUT2D eigenvalue weighted by atomic mass is 10.1. The van der Waals surface area contributed by atoms with E-state index in [0.717, 1.165) is 46.9 Å². The lowest BCUT2D eigenvalue weighted by molar-refractivity contribution is -0.186. The fourth-order valence-corrected chi connectivity index (χ4v) is 4.79. The van der Waals surface area contributed by atoms with E-state index in [1.807, 2.05) is 66.7 Å². The topological polar surface area (TPSA) is 95.1 Å². The van der Waals surface area contributed by atoms with E-state index in [9.17, 15) is 9.59 Å². The molecule has 4 aromatic rings. The second-order valence-electron chi connectivity index (χ2n) is 10.3. The molecule has 0 spiro atoms. The van der Waals surface area contributed by atoms with E-state index >= 15 is 0 Å². The van der Waals surface area contributed by atoms with E-state index in [4.69, 9.17) is 19.0 Å². The number of rotatable bonds is 12. The molecule has 2 amide bonds. The maximum atomic E-state index is 13.4. The van der Waals surface area contributed by atoms with Gasteiger partial charge in [0.15, 0.2) is 6.29 Å². The lowest BCUT2D eigenvalue weighted by Gasteiger charge is -2.22. The minimum absolute atomic E-state index is 0.0693. The Bertz CT molecular complexity index is 1540. The Balaban J connectivity index is 1.26. The first-order valence-corrected chi connectivity index (χ1v) is 14.5. The summed E-state index contributed by atoms with van der Waals surface area (Å²) < 4.78 is 16.9. The summed E-state index contributed by atoms with van der Waals surface area (Å²) in [6, 6.07) is 28.5. The predicted octanol–water partition coefficient (Wildman–Crippen LogP) is 5.86. The summed E-state index contributed by atoms with van der Waals surface area (Å²) in [5.41, 5.74) is 5.21. The Morgan fingerprint density at radius 2 is 1.72 bits per heavy atom. The van der Waals surface area contributed by atoms with Crippen LogP contribution in [0, 0.1) is 0 Å². The summed E-state index contributed by atoms with van der Waals surface area (Å²) in [7, 11) is 1.63. The van der Waals surface area contributed by atoms with Crippen LogP contribution in [-0.4, -0.2) is 45.0 Å². The molecular weight excluding hydrogens is 544 g/mol. The van der Waals surface area contributed by atoms with Gasteiger partial charge in [-0.2, -0.15) is 0 Å². The van der Waals surface area contributed by atoms with E-state index in [1.165, 1.54) is 0 Å². The van der Waals surface area contributed by atoms with Crippen LogP contribution in [0.4, 0.5) is 0 Å². The molecule has 1 heterocycles. The highest BCUT2D eigenvalue weighted by atomic mass is 16.8. The van der Waals surface area contributed by atoms with Gasteiger partial charge in [-0.25, -0.2) is 10.3 Å². The van der Waals surface area contributed by atoms with Gasteiger partial charge in [0.25, 0.3) is 11.8 Å². The Morgan fingerprint density at radius 1 is 0.930 bits per heavy atom. The maximum Gasteiger partial charge on any atom is 0.274 e. The molecule has 1 aliphatic heterocycles. The number of hydroxylamine groups is 1. The zero-order valence-electron chi connectivity index (χ0n) is 24.2. The number of hydrogen-bond acceptors (Lipinski definition) is 6. The highest BCUT2D eigenvalue weighted by Crippen LogP contribution is 2.26. The van der Waals surface area contributed by atoms with Crippen LogP contribution in [0.3, 0.4) is 0 Å². The Labute approximate surface area is 251 Å². The minimum Gasteiger partial charge on any atom is -0.497 e. The van der Waals surface area contributed by atoms with Gasteiger partial charge >= 0.3 is 0 Å². The number of methoxy groups -OCH3 is 1. The summed E-state index contributed by atoms with van der Waals surface area (Å²) in [5.74, 6) is 0.902. The monoisotopic (exact) mass is 580 g/mol. The molecule has 8 nitrogen and oxygen atoms in total. The van der Waals surface area contributed by atoms with Gasteiger partial charge in [0.1, 0.15) is 18.1 Å². The van der Waals surface area contributed by atoms with Gasteiger partial charge in [-0.3, -0.25) is 9.59 Å². The molecule has 1 unspecified atom stereocenters. The number of benzene rings is 4. The third-order valence-electron chi connectivity index (χ3n) is 7.22. The van der Waals surface area contributed by atoms with Crippen LogP contribution in [-0.2, 0) is 20.8 Å². The van der Waals surface area contributed by atoms with Crippen LogP contribution >= 0.6 is 0 Å². The van der Waals surface area contributed by atoms with Crippen LogP contribution in [0.2, 0.25) is 0 Å². The first kappa shape index (κ1) is 29.8. The largest absolute Gasteiger partial charge is 0.497 e. The van der Waals surface area contributed by atoms with Crippen molar-refractivity contribution in [3.63, 3.8) is 0 Å². The Kier molecular flexibility index (Phi) is 10.4. The smallest absolute Gasteiger partial charge is 0.274 e. The molecule has 0 radical (unpaired) electrons. The summed E-state index contributed by atoms with van der Waals surface area (Å²) in [6.07, 6.45) is 4.78. The number of hydrogen-bond donors (Lipinski definition) is 2. The molecule has 1 aliphatic rings. The average molecular weight is 581 g/mol. The molecule has 1 saturated heterocycles. The van der Waals surface area contributed by atoms with Gasteiger partial charge in [-0.05, 0) is 72.2 Å². The second kappa shape index (κ2) is 15.0. The number of ether oxygens (including phenoxy) is 3. The molecule has 2 N–H and O–H groups in total. The molecule has 222 valence electrons. The zero-order valence-corrected chi connectivity index (χ0v) is 24.2. The molecular formula is C35H36N2O6. The number of carbonyl (C=O) groups excluding carboxylic acids is 2. The van der Waals surface area contributed by atoms with Crippen molar-refractivity contribution in [1.29, 1.82) is 0 Å². The Morgan fingerprint density at radius 3 is 2.49 bits per heavy atom. The molecule has 8 heteroatoms. The predicted molar refractivity (Wildman–Crippen MR) is 166 cm³/mol. The molecule has 0 aliphatic carbocycles. The molecule has 1 fully saturated rings. The van der Waals surface area contributed by atoms with Gasteiger partial charge in [0.2, 0.25) is 0 Å². The van der Waals surface area contributed by atoms with Crippen molar-refractivity contribution in [3.05, 3.63) is 113 Å². The summed E-state index contributed by atoms with van der Waals surface area (Å²) >= 11 is 0. The first-order chi connectivity index (χ1) is 21.1. The first-order valence-electron chi connectivity index (χ1n) is 14.5. The molecule has 5 rings (SSSR count). The van der Waals surface area contributed by atoms with E-state index in [-0.39, 0.29) is 18.4 Å². The molecule has 4 aromatic carbocycles. The van der Waals surface area contributed by atoms with Crippen LogP contribution in [0.5, 0.6) is 11.5 Å². The van der Waals surface area contributed by atoms with Crippen molar-refractivity contribution < 1.29 is 28.6 Å². The SMILES string of the molecule is COc1ccc(CCNC(=O)/C(=C/c2ccc(C(=O)NOC3CCCCO3)cc2)COc2cccc3ccccc23)cc1. The average Bonchev–Trinajstić information content (AvgIpc) is 3.06. The van der Waals surface area contributed by atoms with E-state index in [1.54, 1.807) is 37.5 Å². The number of nitrogens with one attached hydrogen (secondary N) is 2. The van der Waals surface area contributed by atoms with Crippen molar-refractivity contribution >= 4 is 28.7 Å². The molecule has 0 saturated carbocycles. The fourth-order valence-electron chi connectivity index (χ4n) is 4.79. The highest BCUT2D eigenvalue weighted by molar-refractivity contribution is 5.99. The Hall–Kier alpha value is -4.66. The van der Waals surface area contributed by atoms with Crippen LogP contribution in [0.1, 0.15) is 40.7 Å². The normalized spacial score (nSPS) is 15.1. The summed E-state index contributed by atoms with van der Waals surface area (Å²) in [4.78, 5) is 31.3. The van der Waals surface area contributed by atoms with Crippen LogP contribution in [0.25, 0.3) is 16.8 Å². The van der Waals surface area contributed by atoms with Crippen LogP contribution < -0.4 is 20.3 Å². The zero-order chi connectivity index (χ0) is 29.9. The van der Waals surface area contributed by atoms with Gasteiger partial charge in [0.05, 0.1) is 12.7 Å². The highest BCUT2D eigenvalue weighted by Gasteiger charge is 2.17. The number of fused-ring (bicyclic) bond motifs is 1. The van der Waals surface area contributed by atoms with Gasteiger partial charge in [0, 0.05) is 30.5 Å². The van der Waals surface area contributed by atoms with Crippen molar-refractivity contribution in [2.75, 3.05) is 26.9 Å². The second-order valence-corrected chi connectivity index (χ2v) is 10.3. The standard InChI is InChI=1S/C35H36N2O6/c1-40-30-18-14-25(15-19-30)20-21-36-34(38)29(24-42-32-10-6-8-27-7-2-3-9-31(27)32)23-26-12-16-28(17-13-26)35(39)37-43-33-11-4-5-22-41-33/h2-3,6-10,12-19,23,33H,4-5,11,20-22,24H2,1H3,(H,36,38)(H,37,39)/b29-23+. The molecule has 1 atom stereocenters. The molecule has 0 aromatic heterocycles. The maximum absolute atomic E-state index is 13.4. The third-order valence-corrected chi connectivity index (χ3v) is 7.22.